The Kier molecular flexibility index (Phi) is 2.67. The molecule has 3 rings (SSSR count). The van der Waals surface area contributed by atoms with Crippen molar-refractivity contribution in [3.63, 3.8) is 0 Å². The van der Waals surface area contributed by atoms with Crippen LogP contribution in [0.1, 0.15) is 38.8 Å². The van der Waals surface area contributed by atoms with Crippen molar-refractivity contribution in [1.29, 1.82) is 0 Å². The van der Waals surface area contributed by atoms with Crippen molar-refractivity contribution in [3.05, 3.63) is 53.3 Å². The van der Waals surface area contributed by atoms with Gasteiger partial charge in [-0.15, -0.1) is 0 Å². The van der Waals surface area contributed by atoms with Gasteiger partial charge in [0.05, 0.1) is 23.7 Å². The number of hydrogen-bond acceptors (Lipinski definition) is 4. The van der Waals surface area contributed by atoms with Gasteiger partial charge in [-0.3, -0.25) is 9.48 Å². The van der Waals surface area contributed by atoms with Crippen molar-refractivity contribution >= 4 is 11.8 Å². The molecule has 0 aliphatic carbocycles. The van der Waals surface area contributed by atoms with Gasteiger partial charge in [-0.25, -0.2) is 4.79 Å². The molecule has 0 fully saturated rings. The third kappa shape index (κ3) is 2.03. The first kappa shape index (κ1) is 11.6. The number of esters is 1. The second kappa shape index (κ2) is 4.35. The zero-order chi connectivity index (χ0) is 13.4. The highest BCUT2D eigenvalue weighted by atomic mass is 16.5. The first-order valence-corrected chi connectivity index (χ1v) is 5.97. The van der Waals surface area contributed by atoms with E-state index >= 15 is 0 Å². The lowest BCUT2D eigenvalue weighted by molar-refractivity contribution is 0.0367. The predicted octanol–water partition coefficient (Wildman–Crippen LogP) is 1.90. The van der Waals surface area contributed by atoms with Crippen LogP contribution in [-0.4, -0.2) is 21.5 Å². The average molecular weight is 256 g/mol. The minimum absolute atomic E-state index is 0.0809. The average Bonchev–Trinajstić information content (AvgIpc) is 2.96. The van der Waals surface area contributed by atoms with E-state index < -0.39 is 6.10 Å². The summed E-state index contributed by atoms with van der Waals surface area (Å²) in [6.07, 6.45) is 2.83. The van der Waals surface area contributed by atoms with E-state index in [1.165, 1.54) is 6.20 Å². The van der Waals surface area contributed by atoms with Crippen molar-refractivity contribution in [3.8, 4) is 0 Å². The molecule has 1 aliphatic heterocycles. The third-order valence-corrected chi connectivity index (χ3v) is 3.17. The van der Waals surface area contributed by atoms with Crippen LogP contribution in [0.15, 0.2) is 36.7 Å². The quantitative estimate of drug-likeness (QED) is 0.621. The van der Waals surface area contributed by atoms with Crippen LogP contribution >= 0.6 is 0 Å². The van der Waals surface area contributed by atoms with Gasteiger partial charge in [-0.2, -0.15) is 5.10 Å². The Hall–Kier alpha value is -2.43. The van der Waals surface area contributed by atoms with Crippen molar-refractivity contribution in [2.45, 2.75) is 12.5 Å². The first-order valence-electron chi connectivity index (χ1n) is 5.97. The Balaban J connectivity index is 1.82. The highest BCUT2D eigenvalue weighted by Gasteiger charge is 2.32. The number of benzene rings is 1. The van der Waals surface area contributed by atoms with E-state index in [0.717, 1.165) is 5.56 Å². The molecule has 0 radical (unpaired) electrons. The molecule has 2 heterocycles. The minimum atomic E-state index is -0.489. The molecular formula is C14H12N2O3. The zero-order valence-corrected chi connectivity index (χ0v) is 10.4. The topological polar surface area (TPSA) is 61.2 Å². The molecule has 0 bridgehead atoms. The highest BCUT2D eigenvalue weighted by Crippen LogP contribution is 2.33. The number of fused-ring (bicyclic) bond motifs is 1. The molecule has 19 heavy (non-hydrogen) atoms. The van der Waals surface area contributed by atoms with Crippen LogP contribution in [-0.2, 0) is 11.8 Å². The molecule has 2 aromatic rings. The lowest BCUT2D eigenvalue weighted by Crippen LogP contribution is -2.07. The number of aryl methyl sites for hydroxylation is 1. The fourth-order valence-corrected chi connectivity index (χ4v) is 2.22. The van der Waals surface area contributed by atoms with Gasteiger partial charge in [0.25, 0.3) is 0 Å². The van der Waals surface area contributed by atoms with Gasteiger partial charge in [0, 0.05) is 18.8 Å². The Bertz CT molecular complexity index is 660. The van der Waals surface area contributed by atoms with Crippen LogP contribution in [0.5, 0.6) is 0 Å². The maximum atomic E-state index is 12.1. The van der Waals surface area contributed by atoms with E-state index in [1.54, 1.807) is 30.1 Å². The summed E-state index contributed by atoms with van der Waals surface area (Å²) >= 11 is 0. The second-order valence-corrected chi connectivity index (χ2v) is 4.51. The molecule has 0 unspecified atom stereocenters. The maximum Gasteiger partial charge on any atom is 0.339 e. The van der Waals surface area contributed by atoms with Crippen molar-refractivity contribution < 1.29 is 14.3 Å². The van der Waals surface area contributed by atoms with Crippen molar-refractivity contribution in [1.82, 2.24) is 9.78 Å². The van der Waals surface area contributed by atoms with E-state index in [9.17, 15) is 9.59 Å². The second-order valence-electron chi connectivity index (χ2n) is 4.51. The molecule has 1 aliphatic rings. The molecule has 1 atom stereocenters. The fourth-order valence-electron chi connectivity index (χ4n) is 2.22. The molecular weight excluding hydrogens is 244 g/mol. The summed E-state index contributed by atoms with van der Waals surface area (Å²) in [6, 6.07) is 7.15. The number of rotatable bonds is 3. The van der Waals surface area contributed by atoms with Gasteiger partial charge in [0.1, 0.15) is 6.10 Å². The molecule has 0 saturated carbocycles. The molecule has 96 valence electrons. The largest absolute Gasteiger partial charge is 0.453 e. The lowest BCUT2D eigenvalue weighted by Gasteiger charge is -2.08. The van der Waals surface area contributed by atoms with Gasteiger partial charge in [0.2, 0.25) is 0 Å². The van der Waals surface area contributed by atoms with Gasteiger partial charge in [-0.1, -0.05) is 18.2 Å². The van der Waals surface area contributed by atoms with E-state index in [4.69, 9.17) is 4.74 Å². The molecule has 0 saturated heterocycles. The number of carbonyl (C=O) groups is 2. The van der Waals surface area contributed by atoms with Gasteiger partial charge in [-0.05, 0) is 6.07 Å². The van der Waals surface area contributed by atoms with Gasteiger partial charge in [0.15, 0.2) is 5.78 Å². The minimum Gasteiger partial charge on any atom is -0.453 e. The summed E-state index contributed by atoms with van der Waals surface area (Å²) in [6.45, 7) is 0. The van der Waals surface area contributed by atoms with Crippen LogP contribution in [0.3, 0.4) is 0 Å². The monoisotopic (exact) mass is 256 g/mol. The van der Waals surface area contributed by atoms with Crippen LogP contribution in [0.2, 0.25) is 0 Å². The standard InChI is InChI=1S/C14H12N2O3/c1-16-8-9(7-15-16)12(17)6-13-10-4-2-3-5-11(10)14(18)19-13/h2-5,7-8,13H,6H2,1H3/t13-/m0/s1. The summed E-state index contributed by atoms with van der Waals surface area (Å²) in [7, 11) is 1.75. The molecule has 1 aromatic heterocycles. The Morgan fingerprint density at radius 2 is 2.21 bits per heavy atom. The Morgan fingerprint density at radius 3 is 2.95 bits per heavy atom. The maximum absolute atomic E-state index is 12.1. The van der Waals surface area contributed by atoms with Crippen LogP contribution in [0.25, 0.3) is 0 Å². The molecule has 0 spiro atoms. The third-order valence-electron chi connectivity index (χ3n) is 3.17. The lowest BCUT2D eigenvalue weighted by atomic mass is 10.00. The fraction of sp³-hybridized carbons (Fsp3) is 0.214. The molecule has 1 aromatic carbocycles. The van der Waals surface area contributed by atoms with E-state index in [0.29, 0.717) is 11.1 Å². The molecule has 5 heteroatoms. The number of ketones is 1. The van der Waals surface area contributed by atoms with E-state index in [-0.39, 0.29) is 18.2 Å². The smallest absolute Gasteiger partial charge is 0.339 e. The van der Waals surface area contributed by atoms with E-state index in [1.807, 2.05) is 12.1 Å². The zero-order valence-electron chi connectivity index (χ0n) is 10.4. The van der Waals surface area contributed by atoms with Gasteiger partial charge < -0.3 is 4.74 Å². The Morgan fingerprint density at radius 1 is 1.42 bits per heavy atom. The SMILES string of the molecule is Cn1cc(C(=O)C[C@@H]2OC(=O)c3ccccc32)cn1. The van der Waals surface area contributed by atoms with Crippen LogP contribution < -0.4 is 0 Å². The summed E-state index contributed by atoms with van der Waals surface area (Å²) in [5, 5.41) is 3.96. The molecule has 5 nitrogen and oxygen atoms in total. The number of cyclic esters (lactones) is 1. The van der Waals surface area contributed by atoms with Crippen LogP contribution in [0.4, 0.5) is 0 Å². The highest BCUT2D eigenvalue weighted by molar-refractivity contribution is 5.98. The van der Waals surface area contributed by atoms with Crippen LogP contribution in [0, 0.1) is 0 Å². The summed E-state index contributed by atoms with van der Waals surface area (Å²) in [4.78, 5) is 23.7. The number of nitrogens with zero attached hydrogens (tertiary/aromatic N) is 2. The summed E-state index contributed by atoms with van der Waals surface area (Å²) < 4.78 is 6.82. The summed E-state index contributed by atoms with van der Waals surface area (Å²) in [5.41, 5.74) is 1.86. The molecule has 0 N–H and O–H groups in total. The van der Waals surface area contributed by atoms with Crippen molar-refractivity contribution in [2.24, 2.45) is 7.05 Å². The number of ether oxygens (including phenoxy) is 1. The van der Waals surface area contributed by atoms with Gasteiger partial charge >= 0.3 is 5.97 Å². The van der Waals surface area contributed by atoms with Crippen molar-refractivity contribution in [2.75, 3.05) is 0 Å². The molecule has 0 amide bonds. The predicted molar refractivity (Wildman–Crippen MR) is 66.8 cm³/mol. The van der Waals surface area contributed by atoms with E-state index in [2.05, 4.69) is 5.10 Å². The number of aromatic nitrogens is 2. The number of carbonyl (C=O) groups excluding carboxylic acids is 2. The normalized spacial score (nSPS) is 17.1. The number of Topliss-reactive ketones (excluding diaryl/α,β-unsaturated/α-hetero) is 1. The Labute approximate surface area is 109 Å². The first-order chi connectivity index (χ1) is 9.15. The summed E-state index contributed by atoms with van der Waals surface area (Å²) in [5.74, 6) is -0.442. The number of hydrogen-bond donors (Lipinski definition) is 0.